The number of nitrogens with zero attached hydrogens (tertiary/aromatic N) is 2. The standard InChI is InChI=1S/C23H28FN5O3/c1-28(23(31)20-14-25-27-22(20)16-2-4-17(24)5-3-16)15-21(30)26-18-6-8-19(9-7-18)29-10-12-32-13-11-29/h2-9,20,22,25,27H,10-15H2,1H3,(H,26,30). The number of hydrogen-bond donors (Lipinski definition) is 3. The summed E-state index contributed by atoms with van der Waals surface area (Å²) in [5.41, 5.74) is 8.65. The Labute approximate surface area is 186 Å². The van der Waals surface area contributed by atoms with Crippen molar-refractivity contribution < 1.29 is 18.7 Å². The maximum absolute atomic E-state index is 13.2. The van der Waals surface area contributed by atoms with Gasteiger partial charge in [0.25, 0.3) is 0 Å². The average Bonchev–Trinajstić information content (AvgIpc) is 3.30. The van der Waals surface area contributed by atoms with Gasteiger partial charge in [-0.25, -0.2) is 9.82 Å². The minimum absolute atomic E-state index is 0.0588. The number of likely N-dealkylation sites (N-methyl/N-ethyl adjacent to an activating group) is 1. The van der Waals surface area contributed by atoms with Crippen LogP contribution < -0.4 is 21.1 Å². The summed E-state index contributed by atoms with van der Waals surface area (Å²) in [5, 5.41) is 2.85. The summed E-state index contributed by atoms with van der Waals surface area (Å²) in [7, 11) is 1.61. The van der Waals surface area contributed by atoms with E-state index in [4.69, 9.17) is 4.74 Å². The molecule has 2 fully saturated rings. The highest BCUT2D eigenvalue weighted by molar-refractivity contribution is 5.95. The molecule has 0 spiro atoms. The molecule has 2 atom stereocenters. The highest BCUT2D eigenvalue weighted by Crippen LogP contribution is 2.26. The molecule has 2 aliphatic heterocycles. The molecule has 8 nitrogen and oxygen atoms in total. The number of rotatable bonds is 6. The number of anilines is 2. The zero-order valence-electron chi connectivity index (χ0n) is 18.0. The Kier molecular flexibility index (Phi) is 6.99. The van der Waals surface area contributed by atoms with E-state index in [0.29, 0.717) is 25.4 Å². The van der Waals surface area contributed by atoms with Gasteiger partial charge in [0, 0.05) is 38.1 Å². The molecule has 2 unspecified atom stereocenters. The SMILES string of the molecule is CN(CC(=O)Nc1ccc(N2CCOCC2)cc1)C(=O)C1CNNC1c1ccc(F)cc1. The van der Waals surface area contributed by atoms with Crippen LogP contribution in [0.5, 0.6) is 0 Å². The van der Waals surface area contributed by atoms with Crippen LogP contribution in [0, 0.1) is 11.7 Å². The number of hydrazine groups is 1. The normalized spacial score (nSPS) is 20.8. The van der Waals surface area contributed by atoms with E-state index >= 15 is 0 Å². The minimum atomic E-state index is -0.397. The first-order valence-corrected chi connectivity index (χ1v) is 10.7. The van der Waals surface area contributed by atoms with Crippen LogP contribution in [-0.2, 0) is 14.3 Å². The zero-order chi connectivity index (χ0) is 22.5. The lowest BCUT2D eigenvalue weighted by Crippen LogP contribution is -2.40. The average molecular weight is 442 g/mol. The first-order valence-electron chi connectivity index (χ1n) is 10.7. The lowest BCUT2D eigenvalue weighted by atomic mass is 9.94. The Morgan fingerprint density at radius 3 is 2.50 bits per heavy atom. The van der Waals surface area contributed by atoms with Crippen molar-refractivity contribution in [3.63, 3.8) is 0 Å². The number of amides is 2. The number of ether oxygens (including phenoxy) is 1. The first kappa shape index (κ1) is 22.2. The van der Waals surface area contributed by atoms with Crippen LogP contribution in [0.25, 0.3) is 0 Å². The van der Waals surface area contributed by atoms with Crippen LogP contribution in [0.4, 0.5) is 15.8 Å². The Morgan fingerprint density at radius 1 is 1.12 bits per heavy atom. The van der Waals surface area contributed by atoms with Crippen molar-refractivity contribution >= 4 is 23.2 Å². The molecule has 2 saturated heterocycles. The van der Waals surface area contributed by atoms with Crippen molar-refractivity contribution in [2.45, 2.75) is 6.04 Å². The second-order valence-electron chi connectivity index (χ2n) is 8.05. The number of hydrogen-bond acceptors (Lipinski definition) is 6. The van der Waals surface area contributed by atoms with Gasteiger partial charge in [-0.1, -0.05) is 12.1 Å². The Hall–Kier alpha value is -3.01. The summed E-state index contributed by atoms with van der Waals surface area (Å²) in [6, 6.07) is 13.4. The largest absolute Gasteiger partial charge is 0.378 e. The molecule has 170 valence electrons. The summed E-state index contributed by atoms with van der Waals surface area (Å²) >= 11 is 0. The van der Waals surface area contributed by atoms with Crippen molar-refractivity contribution in [3.8, 4) is 0 Å². The highest BCUT2D eigenvalue weighted by Gasteiger charge is 2.36. The van der Waals surface area contributed by atoms with Gasteiger partial charge >= 0.3 is 0 Å². The van der Waals surface area contributed by atoms with Gasteiger partial charge in [0.05, 0.1) is 31.7 Å². The molecule has 0 saturated carbocycles. The van der Waals surface area contributed by atoms with E-state index in [1.807, 2.05) is 24.3 Å². The van der Waals surface area contributed by atoms with Crippen molar-refractivity contribution in [3.05, 3.63) is 59.9 Å². The third-order valence-electron chi connectivity index (χ3n) is 5.81. The monoisotopic (exact) mass is 441 g/mol. The number of nitrogens with one attached hydrogen (secondary N) is 3. The number of carbonyl (C=O) groups is 2. The molecule has 2 aromatic carbocycles. The smallest absolute Gasteiger partial charge is 0.243 e. The van der Waals surface area contributed by atoms with Gasteiger partial charge in [0.15, 0.2) is 0 Å². The Morgan fingerprint density at radius 2 is 1.81 bits per heavy atom. The van der Waals surface area contributed by atoms with Gasteiger partial charge in [-0.2, -0.15) is 0 Å². The van der Waals surface area contributed by atoms with Crippen LogP contribution in [0.15, 0.2) is 48.5 Å². The molecular formula is C23H28FN5O3. The molecule has 0 aliphatic carbocycles. The van der Waals surface area contributed by atoms with Crippen LogP contribution in [0.1, 0.15) is 11.6 Å². The van der Waals surface area contributed by atoms with Crippen LogP contribution in [-0.4, -0.2) is 63.2 Å². The summed E-state index contributed by atoms with van der Waals surface area (Å²) in [6.07, 6.45) is 0. The molecule has 32 heavy (non-hydrogen) atoms. The minimum Gasteiger partial charge on any atom is -0.378 e. The van der Waals surface area contributed by atoms with Gasteiger partial charge in [-0.15, -0.1) is 0 Å². The third kappa shape index (κ3) is 5.24. The number of morpholine rings is 1. The fourth-order valence-corrected chi connectivity index (χ4v) is 4.07. The molecule has 3 N–H and O–H groups in total. The predicted molar refractivity (Wildman–Crippen MR) is 120 cm³/mol. The molecule has 2 heterocycles. The molecule has 0 aromatic heterocycles. The van der Waals surface area contributed by atoms with Crippen molar-refractivity contribution in [2.24, 2.45) is 5.92 Å². The Bertz CT molecular complexity index is 932. The van der Waals surface area contributed by atoms with Gasteiger partial charge in [0.1, 0.15) is 5.82 Å². The van der Waals surface area contributed by atoms with Gasteiger partial charge in [-0.3, -0.25) is 15.0 Å². The zero-order valence-corrected chi connectivity index (χ0v) is 18.0. The van der Waals surface area contributed by atoms with Gasteiger partial charge < -0.3 is 19.9 Å². The summed E-state index contributed by atoms with van der Waals surface area (Å²) in [5.74, 6) is -1.15. The predicted octanol–water partition coefficient (Wildman–Crippen LogP) is 1.52. The number of benzene rings is 2. The van der Waals surface area contributed by atoms with E-state index < -0.39 is 5.92 Å². The van der Waals surface area contributed by atoms with E-state index in [-0.39, 0.29) is 30.2 Å². The molecule has 0 radical (unpaired) electrons. The molecule has 4 rings (SSSR count). The fraction of sp³-hybridized carbons (Fsp3) is 0.391. The summed E-state index contributed by atoms with van der Waals surface area (Å²) in [6.45, 7) is 3.50. The van der Waals surface area contributed by atoms with E-state index in [0.717, 1.165) is 24.3 Å². The maximum atomic E-state index is 13.2. The summed E-state index contributed by atoms with van der Waals surface area (Å²) in [4.78, 5) is 29.2. The van der Waals surface area contributed by atoms with Gasteiger partial charge in [0.2, 0.25) is 11.8 Å². The lowest BCUT2D eigenvalue weighted by molar-refractivity contribution is -0.136. The summed E-state index contributed by atoms with van der Waals surface area (Å²) < 4.78 is 18.6. The van der Waals surface area contributed by atoms with E-state index in [2.05, 4.69) is 21.1 Å². The van der Waals surface area contributed by atoms with Crippen molar-refractivity contribution in [1.82, 2.24) is 15.8 Å². The van der Waals surface area contributed by atoms with Crippen LogP contribution >= 0.6 is 0 Å². The number of halogens is 1. The molecule has 9 heteroatoms. The molecule has 2 amide bonds. The molecule has 2 aromatic rings. The van der Waals surface area contributed by atoms with Crippen LogP contribution in [0.2, 0.25) is 0 Å². The maximum Gasteiger partial charge on any atom is 0.243 e. The second-order valence-corrected chi connectivity index (χ2v) is 8.05. The van der Waals surface area contributed by atoms with Gasteiger partial charge in [-0.05, 0) is 42.0 Å². The second kappa shape index (κ2) is 10.1. The van der Waals surface area contributed by atoms with E-state index in [1.165, 1.54) is 17.0 Å². The number of carbonyl (C=O) groups excluding carboxylic acids is 2. The quantitative estimate of drug-likeness (QED) is 0.631. The van der Waals surface area contributed by atoms with Crippen molar-refractivity contribution in [1.29, 1.82) is 0 Å². The molecule has 2 aliphatic rings. The molecular weight excluding hydrogens is 413 g/mol. The highest BCUT2D eigenvalue weighted by atomic mass is 19.1. The van der Waals surface area contributed by atoms with E-state index in [1.54, 1.807) is 19.2 Å². The van der Waals surface area contributed by atoms with Crippen LogP contribution in [0.3, 0.4) is 0 Å². The van der Waals surface area contributed by atoms with E-state index in [9.17, 15) is 14.0 Å². The third-order valence-corrected chi connectivity index (χ3v) is 5.81. The lowest BCUT2D eigenvalue weighted by Gasteiger charge is -2.29. The van der Waals surface area contributed by atoms with Crippen molar-refractivity contribution in [2.75, 3.05) is 56.7 Å². The molecule has 0 bridgehead atoms. The first-order chi connectivity index (χ1) is 15.5. The Balaban J connectivity index is 1.31. The fourth-order valence-electron chi connectivity index (χ4n) is 4.07. The topological polar surface area (TPSA) is 85.9 Å².